The number of anilines is 1. The number of benzene rings is 2. The summed E-state index contributed by atoms with van der Waals surface area (Å²) in [6.45, 7) is 4.31. The van der Waals surface area contributed by atoms with Gasteiger partial charge >= 0.3 is 0 Å². The van der Waals surface area contributed by atoms with E-state index in [1.807, 2.05) is 0 Å². The quantitative estimate of drug-likeness (QED) is 0.693. The Morgan fingerprint density at radius 1 is 1.00 bits per heavy atom. The number of aromatic amines is 1. The lowest BCUT2D eigenvalue weighted by atomic mass is 10.2. The van der Waals surface area contributed by atoms with Gasteiger partial charge in [-0.05, 0) is 42.5 Å². The summed E-state index contributed by atoms with van der Waals surface area (Å²) in [6, 6.07) is 15.3. The summed E-state index contributed by atoms with van der Waals surface area (Å²) in [5, 5.41) is 4.65. The molecule has 0 atom stereocenters. The fourth-order valence-corrected chi connectivity index (χ4v) is 4.21. The van der Waals surface area contributed by atoms with Crippen LogP contribution in [0.4, 0.5) is 5.69 Å². The predicted molar refractivity (Wildman–Crippen MR) is 102 cm³/mol. The van der Waals surface area contributed by atoms with Crippen molar-refractivity contribution >= 4 is 44.3 Å². The second kappa shape index (κ2) is 6.59. The first kappa shape index (κ1) is 15.1. The van der Waals surface area contributed by atoms with Crippen LogP contribution >= 0.6 is 27.7 Å². The monoisotopic (exact) mass is 387 g/mol. The first-order valence-electron chi connectivity index (χ1n) is 7.80. The van der Waals surface area contributed by atoms with Gasteiger partial charge in [0.2, 0.25) is 0 Å². The lowest BCUT2D eigenvalue weighted by Gasteiger charge is -2.29. The molecule has 2 N–H and O–H groups in total. The number of H-pyrrole nitrogens is 1. The molecule has 0 bridgehead atoms. The zero-order valence-corrected chi connectivity index (χ0v) is 15.1. The maximum absolute atomic E-state index is 3.56. The number of nitrogens with one attached hydrogen (secondary N) is 2. The largest absolute Gasteiger partial charge is 0.369 e. The van der Waals surface area contributed by atoms with Gasteiger partial charge in [-0.25, -0.2) is 0 Å². The maximum atomic E-state index is 3.56. The van der Waals surface area contributed by atoms with Crippen LogP contribution in [0.5, 0.6) is 0 Å². The molecule has 4 rings (SSSR count). The summed E-state index contributed by atoms with van der Waals surface area (Å²) in [6.07, 6.45) is 2.09. The van der Waals surface area contributed by atoms with Crippen molar-refractivity contribution in [3.8, 4) is 0 Å². The highest BCUT2D eigenvalue weighted by atomic mass is 79.9. The number of piperazine rings is 1. The van der Waals surface area contributed by atoms with Crippen LogP contribution in [0.25, 0.3) is 10.9 Å². The van der Waals surface area contributed by atoms with Crippen LogP contribution in [0.3, 0.4) is 0 Å². The third kappa shape index (κ3) is 3.27. The van der Waals surface area contributed by atoms with Crippen LogP contribution in [0, 0.1) is 0 Å². The van der Waals surface area contributed by atoms with E-state index >= 15 is 0 Å². The molecule has 0 amide bonds. The smallest absolute Gasteiger partial charge is 0.0466 e. The Bertz CT molecular complexity index is 807. The third-order valence-electron chi connectivity index (χ3n) is 4.15. The Morgan fingerprint density at radius 2 is 1.78 bits per heavy atom. The number of aromatic nitrogens is 1. The number of fused-ring (bicyclic) bond motifs is 1. The van der Waals surface area contributed by atoms with Crippen LogP contribution in [0.15, 0.2) is 62.9 Å². The maximum Gasteiger partial charge on any atom is 0.0466 e. The molecule has 0 aliphatic carbocycles. The van der Waals surface area contributed by atoms with Crippen molar-refractivity contribution in [1.82, 2.24) is 10.3 Å². The predicted octanol–water partition coefficient (Wildman–Crippen LogP) is 4.49. The van der Waals surface area contributed by atoms with Crippen molar-refractivity contribution < 1.29 is 0 Å². The summed E-state index contributed by atoms with van der Waals surface area (Å²) < 4.78 is 1.11. The minimum atomic E-state index is 1.07. The van der Waals surface area contributed by atoms with E-state index in [4.69, 9.17) is 0 Å². The highest BCUT2D eigenvalue weighted by molar-refractivity contribution is 9.10. The van der Waals surface area contributed by atoms with E-state index in [1.165, 1.54) is 26.4 Å². The van der Waals surface area contributed by atoms with Gasteiger partial charge in [0, 0.05) is 63.2 Å². The minimum absolute atomic E-state index is 1.07. The Kier molecular flexibility index (Phi) is 4.33. The molecule has 0 unspecified atom stereocenters. The highest BCUT2D eigenvalue weighted by Gasteiger charge is 2.11. The van der Waals surface area contributed by atoms with Crippen molar-refractivity contribution in [2.45, 2.75) is 9.79 Å². The molecule has 3 aromatic rings. The molecule has 1 aliphatic heterocycles. The zero-order valence-electron chi connectivity index (χ0n) is 12.7. The van der Waals surface area contributed by atoms with Gasteiger partial charge in [0.15, 0.2) is 0 Å². The first-order valence-corrected chi connectivity index (χ1v) is 9.41. The lowest BCUT2D eigenvalue weighted by molar-refractivity contribution is 0.589. The SMILES string of the molecule is Brc1ccc2[nH]cc(Sc3ccc(N4CCNCC4)cc3)c2c1. The normalized spacial score (nSPS) is 15.3. The zero-order chi connectivity index (χ0) is 15.6. The molecule has 1 saturated heterocycles. The summed E-state index contributed by atoms with van der Waals surface area (Å²) in [4.78, 5) is 8.31. The van der Waals surface area contributed by atoms with E-state index in [2.05, 4.69) is 79.8 Å². The van der Waals surface area contributed by atoms with E-state index in [1.54, 1.807) is 11.8 Å². The molecule has 1 fully saturated rings. The van der Waals surface area contributed by atoms with Gasteiger partial charge in [0.05, 0.1) is 0 Å². The number of halogens is 1. The molecule has 0 radical (unpaired) electrons. The van der Waals surface area contributed by atoms with Gasteiger partial charge in [-0.2, -0.15) is 0 Å². The molecule has 5 heteroatoms. The molecule has 1 aromatic heterocycles. The molecule has 2 aromatic carbocycles. The van der Waals surface area contributed by atoms with Gasteiger partial charge in [-0.3, -0.25) is 0 Å². The standard InChI is InChI=1S/C18H18BrN3S/c19-13-1-6-17-16(11-13)18(12-21-17)23-15-4-2-14(3-5-15)22-9-7-20-8-10-22/h1-6,11-12,20-21H,7-10H2. The van der Waals surface area contributed by atoms with Crippen LogP contribution in [0.1, 0.15) is 0 Å². The van der Waals surface area contributed by atoms with Crippen LogP contribution < -0.4 is 10.2 Å². The average molecular weight is 388 g/mol. The van der Waals surface area contributed by atoms with E-state index in [0.29, 0.717) is 0 Å². The van der Waals surface area contributed by atoms with Crippen LogP contribution in [-0.4, -0.2) is 31.2 Å². The van der Waals surface area contributed by atoms with E-state index in [0.717, 1.165) is 30.7 Å². The summed E-state index contributed by atoms with van der Waals surface area (Å²) in [5.41, 5.74) is 2.49. The Morgan fingerprint density at radius 3 is 2.57 bits per heavy atom. The minimum Gasteiger partial charge on any atom is -0.369 e. The summed E-state index contributed by atoms with van der Waals surface area (Å²) in [7, 11) is 0. The molecule has 0 spiro atoms. The Labute approximate surface area is 148 Å². The molecule has 118 valence electrons. The molecule has 0 saturated carbocycles. The van der Waals surface area contributed by atoms with Crippen LogP contribution in [-0.2, 0) is 0 Å². The van der Waals surface area contributed by atoms with Crippen LogP contribution in [0.2, 0.25) is 0 Å². The second-order valence-electron chi connectivity index (χ2n) is 5.68. The average Bonchev–Trinajstić information content (AvgIpc) is 2.98. The molecule has 3 nitrogen and oxygen atoms in total. The topological polar surface area (TPSA) is 31.1 Å². The molecule has 23 heavy (non-hydrogen) atoms. The number of nitrogens with zero attached hydrogens (tertiary/aromatic N) is 1. The Balaban J connectivity index is 1.55. The van der Waals surface area contributed by atoms with Crippen molar-refractivity contribution in [2.24, 2.45) is 0 Å². The first-order chi connectivity index (χ1) is 11.3. The lowest BCUT2D eigenvalue weighted by Crippen LogP contribution is -2.43. The van der Waals surface area contributed by atoms with Gasteiger partial charge in [0.1, 0.15) is 0 Å². The fourth-order valence-electron chi connectivity index (χ4n) is 2.93. The summed E-state index contributed by atoms with van der Waals surface area (Å²) in [5.74, 6) is 0. The molecule has 2 heterocycles. The second-order valence-corrected chi connectivity index (χ2v) is 7.71. The van der Waals surface area contributed by atoms with E-state index in [-0.39, 0.29) is 0 Å². The van der Waals surface area contributed by atoms with Gasteiger partial charge in [0.25, 0.3) is 0 Å². The number of rotatable bonds is 3. The van der Waals surface area contributed by atoms with E-state index < -0.39 is 0 Å². The van der Waals surface area contributed by atoms with Crippen molar-refractivity contribution in [2.75, 3.05) is 31.1 Å². The van der Waals surface area contributed by atoms with Gasteiger partial charge < -0.3 is 15.2 Å². The van der Waals surface area contributed by atoms with Crippen molar-refractivity contribution in [3.63, 3.8) is 0 Å². The van der Waals surface area contributed by atoms with Crippen molar-refractivity contribution in [1.29, 1.82) is 0 Å². The van der Waals surface area contributed by atoms with Gasteiger partial charge in [-0.15, -0.1) is 0 Å². The number of hydrogen-bond acceptors (Lipinski definition) is 3. The number of hydrogen-bond donors (Lipinski definition) is 2. The third-order valence-corrected chi connectivity index (χ3v) is 5.71. The molecular formula is C18H18BrN3S. The van der Waals surface area contributed by atoms with Crippen molar-refractivity contribution in [3.05, 3.63) is 53.1 Å². The fraction of sp³-hybridized carbons (Fsp3) is 0.222. The van der Waals surface area contributed by atoms with E-state index in [9.17, 15) is 0 Å². The summed E-state index contributed by atoms with van der Waals surface area (Å²) >= 11 is 5.36. The Hall–Kier alpha value is -1.43. The molecular weight excluding hydrogens is 370 g/mol. The highest BCUT2D eigenvalue weighted by Crippen LogP contribution is 2.35. The molecule has 1 aliphatic rings. The van der Waals surface area contributed by atoms with Gasteiger partial charge in [-0.1, -0.05) is 27.7 Å².